The highest BCUT2D eigenvalue weighted by Crippen LogP contribution is 2.24. The minimum Gasteiger partial charge on any atom is -0.498 e. The predicted octanol–water partition coefficient (Wildman–Crippen LogP) is 3.84. The summed E-state index contributed by atoms with van der Waals surface area (Å²) in [5.41, 5.74) is 1.17. The zero-order valence-corrected chi connectivity index (χ0v) is 18.3. The Balaban J connectivity index is 1.72. The molecule has 1 saturated heterocycles. The Labute approximate surface area is 180 Å². The van der Waals surface area contributed by atoms with E-state index >= 15 is 0 Å². The molecule has 3 heterocycles. The first-order chi connectivity index (χ1) is 14.4. The molecule has 0 spiro atoms. The molecule has 2 aromatic rings. The fourth-order valence-electron chi connectivity index (χ4n) is 2.82. The summed E-state index contributed by atoms with van der Waals surface area (Å²) < 4.78 is 22.3. The van der Waals surface area contributed by atoms with E-state index in [1.807, 2.05) is 26.2 Å². The molecule has 0 bridgehead atoms. The predicted molar refractivity (Wildman–Crippen MR) is 114 cm³/mol. The number of pyridine rings is 1. The third kappa shape index (κ3) is 6.43. The molecular weight excluding hydrogens is 406 g/mol. The average Bonchev–Trinajstić information content (AvgIpc) is 3.33. The van der Waals surface area contributed by atoms with Gasteiger partial charge < -0.3 is 18.9 Å². The SMILES string of the molecule is C=C(Cc1csc(NC(=O)c2cc(OC(C)C)nc(OC3CCOC3)c2)n1)OCC. The van der Waals surface area contributed by atoms with Crippen LogP contribution in [-0.2, 0) is 15.9 Å². The maximum Gasteiger partial charge on any atom is 0.257 e. The molecule has 0 aromatic carbocycles. The third-order valence-electron chi connectivity index (χ3n) is 4.07. The fourth-order valence-corrected chi connectivity index (χ4v) is 3.53. The topological polar surface area (TPSA) is 91.8 Å². The van der Waals surface area contributed by atoms with Crippen LogP contribution >= 0.6 is 11.3 Å². The highest BCUT2D eigenvalue weighted by Gasteiger charge is 2.20. The molecule has 0 radical (unpaired) electrons. The van der Waals surface area contributed by atoms with E-state index in [0.717, 1.165) is 12.1 Å². The lowest BCUT2D eigenvalue weighted by atomic mass is 10.2. The van der Waals surface area contributed by atoms with Gasteiger partial charge in [0, 0.05) is 30.4 Å². The van der Waals surface area contributed by atoms with E-state index in [1.54, 1.807) is 12.1 Å². The molecule has 30 heavy (non-hydrogen) atoms. The number of hydrogen-bond acceptors (Lipinski definition) is 8. The van der Waals surface area contributed by atoms with E-state index < -0.39 is 0 Å². The maximum absolute atomic E-state index is 12.8. The fraction of sp³-hybridized carbons (Fsp3) is 0.476. The van der Waals surface area contributed by atoms with Crippen molar-refractivity contribution in [3.05, 3.63) is 41.1 Å². The Bertz CT molecular complexity index is 877. The first-order valence-corrected chi connectivity index (χ1v) is 10.8. The molecule has 8 nitrogen and oxygen atoms in total. The molecule has 1 aliphatic rings. The smallest absolute Gasteiger partial charge is 0.257 e. The second-order valence-corrected chi connectivity index (χ2v) is 7.91. The number of thiazole rings is 1. The van der Waals surface area contributed by atoms with Crippen LogP contribution in [0.2, 0.25) is 0 Å². The number of anilines is 1. The molecule has 2 aromatic heterocycles. The molecule has 1 aliphatic heterocycles. The van der Waals surface area contributed by atoms with Crippen molar-refractivity contribution in [2.45, 2.75) is 45.8 Å². The number of nitrogens with zero attached hydrogens (tertiary/aromatic N) is 2. The quantitative estimate of drug-likeness (QED) is 0.569. The van der Waals surface area contributed by atoms with Gasteiger partial charge in [-0.05, 0) is 20.8 Å². The summed E-state index contributed by atoms with van der Waals surface area (Å²) in [7, 11) is 0. The normalized spacial score (nSPS) is 15.8. The lowest BCUT2D eigenvalue weighted by molar-refractivity contribution is 0.102. The summed E-state index contributed by atoms with van der Waals surface area (Å²) in [6, 6.07) is 3.20. The summed E-state index contributed by atoms with van der Waals surface area (Å²) in [5, 5.41) is 5.18. The molecule has 3 rings (SSSR count). The molecule has 9 heteroatoms. The Morgan fingerprint density at radius 1 is 1.37 bits per heavy atom. The molecular formula is C21H27N3O5S. The van der Waals surface area contributed by atoms with Gasteiger partial charge in [-0.15, -0.1) is 11.3 Å². The van der Waals surface area contributed by atoms with Gasteiger partial charge in [-0.1, -0.05) is 6.58 Å². The monoisotopic (exact) mass is 433 g/mol. The van der Waals surface area contributed by atoms with Crippen molar-refractivity contribution >= 4 is 22.4 Å². The van der Waals surface area contributed by atoms with E-state index in [4.69, 9.17) is 18.9 Å². The molecule has 162 valence electrons. The van der Waals surface area contributed by atoms with Gasteiger partial charge >= 0.3 is 0 Å². The van der Waals surface area contributed by atoms with Gasteiger partial charge in [0.15, 0.2) is 5.13 Å². The minimum atomic E-state index is -0.317. The van der Waals surface area contributed by atoms with Gasteiger partial charge in [0.1, 0.15) is 6.10 Å². The van der Waals surface area contributed by atoms with Gasteiger partial charge in [-0.3, -0.25) is 10.1 Å². The van der Waals surface area contributed by atoms with Crippen LogP contribution in [0.1, 0.15) is 43.2 Å². The van der Waals surface area contributed by atoms with Crippen molar-refractivity contribution in [1.82, 2.24) is 9.97 Å². The highest BCUT2D eigenvalue weighted by atomic mass is 32.1. The van der Waals surface area contributed by atoms with Gasteiger partial charge in [-0.2, -0.15) is 4.98 Å². The lowest BCUT2D eigenvalue weighted by Crippen LogP contribution is -2.18. The van der Waals surface area contributed by atoms with Crippen molar-refractivity contribution in [1.29, 1.82) is 0 Å². The van der Waals surface area contributed by atoms with Crippen LogP contribution in [0.4, 0.5) is 5.13 Å². The van der Waals surface area contributed by atoms with Crippen molar-refractivity contribution in [3.8, 4) is 11.8 Å². The molecule has 1 unspecified atom stereocenters. The van der Waals surface area contributed by atoms with Crippen LogP contribution in [0.5, 0.6) is 11.8 Å². The van der Waals surface area contributed by atoms with Crippen LogP contribution < -0.4 is 14.8 Å². The summed E-state index contributed by atoms with van der Waals surface area (Å²) in [5.74, 6) is 0.993. The van der Waals surface area contributed by atoms with E-state index in [-0.39, 0.29) is 18.1 Å². The number of hydrogen-bond donors (Lipinski definition) is 1. The van der Waals surface area contributed by atoms with Crippen LogP contribution in [0, 0.1) is 0 Å². The van der Waals surface area contributed by atoms with Crippen molar-refractivity contribution in [3.63, 3.8) is 0 Å². The third-order valence-corrected chi connectivity index (χ3v) is 4.88. The van der Waals surface area contributed by atoms with E-state index in [1.165, 1.54) is 11.3 Å². The van der Waals surface area contributed by atoms with Crippen molar-refractivity contribution in [2.24, 2.45) is 0 Å². The van der Waals surface area contributed by atoms with Crippen LogP contribution in [0.3, 0.4) is 0 Å². The van der Waals surface area contributed by atoms with Crippen molar-refractivity contribution < 1.29 is 23.7 Å². The zero-order chi connectivity index (χ0) is 21.5. The number of amides is 1. The molecule has 0 aliphatic carbocycles. The number of allylic oxidation sites excluding steroid dienone is 1. The van der Waals surface area contributed by atoms with Crippen LogP contribution in [-0.4, -0.2) is 47.9 Å². The lowest BCUT2D eigenvalue weighted by Gasteiger charge is -2.15. The first kappa shape index (κ1) is 22.0. The van der Waals surface area contributed by atoms with Gasteiger partial charge in [0.2, 0.25) is 11.8 Å². The number of aromatic nitrogens is 2. The van der Waals surface area contributed by atoms with Crippen LogP contribution in [0.25, 0.3) is 0 Å². The largest absolute Gasteiger partial charge is 0.498 e. The van der Waals surface area contributed by atoms with Gasteiger partial charge in [0.05, 0.1) is 42.9 Å². The number of carbonyl (C=O) groups excluding carboxylic acids is 1. The Hall–Kier alpha value is -2.65. The minimum absolute atomic E-state index is 0.0809. The summed E-state index contributed by atoms with van der Waals surface area (Å²) in [6.45, 7) is 11.3. The van der Waals surface area contributed by atoms with E-state index in [0.29, 0.717) is 54.5 Å². The number of carbonyl (C=O) groups is 1. The second kappa shape index (κ2) is 10.4. The van der Waals surface area contributed by atoms with E-state index in [2.05, 4.69) is 21.9 Å². The Kier molecular flexibility index (Phi) is 7.64. The van der Waals surface area contributed by atoms with Crippen LogP contribution in [0.15, 0.2) is 29.9 Å². The first-order valence-electron chi connectivity index (χ1n) is 9.92. The summed E-state index contributed by atoms with van der Waals surface area (Å²) in [6.07, 6.45) is 1.12. The molecule has 1 amide bonds. The zero-order valence-electron chi connectivity index (χ0n) is 17.5. The maximum atomic E-state index is 12.8. The Morgan fingerprint density at radius 2 is 2.17 bits per heavy atom. The molecule has 1 N–H and O–H groups in total. The Morgan fingerprint density at radius 3 is 2.87 bits per heavy atom. The molecule has 0 saturated carbocycles. The second-order valence-electron chi connectivity index (χ2n) is 7.05. The molecule has 1 atom stereocenters. The number of nitrogens with one attached hydrogen (secondary N) is 1. The number of ether oxygens (including phenoxy) is 4. The summed E-state index contributed by atoms with van der Waals surface area (Å²) >= 11 is 1.34. The summed E-state index contributed by atoms with van der Waals surface area (Å²) in [4.78, 5) is 21.6. The standard InChI is InChI=1S/C21H27N3O5S/c1-5-27-14(4)8-16-12-30-21(22-16)24-20(25)15-9-18(28-13(2)3)23-19(10-15)29-17-6-7-26-11-17/h9-10,12-13,17H,4-8,11H2,1-3H3,(H,22,24,25). The molecule has 1 fully saturated rings. The van der Waals surface area contributed by atoms with Crippen molar-refractivity contribution in [2.75, 3.05) is 25.1 Å². The number of rotatable bonds is 10. The highest BCUT2D eigenvalue weighted by molar-refractivity contribution is 7.14. The van der Waals surface area contributed by atoms with E-state index in [9.17, 15) is 4.79 Å². The van der Waals surface area contributed by atoms with Gasteiger partial charge in [0.25, 0.3) is 5.91 Å². The average molecular weight is 434 g/mol. The van der Waals surface area contributed by atoms with Gasteiger partial charge in [-0.25, -0.2) is 4.98 Å².